The number of carbonyl (C=O) groups is 3. The summed E-state index contributed by atoms with van der Waals surface area (Å²) >= 11 is 0. The van der Waals surface area contributed by atoms with E-state index in [1.165, 1.54) is 0 Å². The molecule has 1 aliphatic rings. The third-order valence-corrected chi connectivity index (χ3v) is 3.88. The zero-order chi connectivity index (χ0) is 19.3. The Bertz CT molecular complexity index is 552. The van der Waals surface area contributed by atoms with E-state index in [0.29, 0.717) is 5.57 Å². The number of esters is 2. The molecule has 0 radical (unpaired) electrons. The second kappa shape index (κ2) is 8.47. The van der Waals surface area contributed by atoms with E-state index in [1.807, 2.05) is 33.8 Å². The van der Waals surface area contributed by atoms with Crippen molar-refractivity contribution in [3.63, 3.8) is 0 Å². The molecule has 0 saturated heterocycles. The summed E-state index contributed by atoms with van der Waals surface area (Å²) in [5, 5.41) is 6.06. The highest BCUT2D eigenvalue weighted by atomic mass is 16.5. The summed E-state index contributed by atoms with van der Waals surface area (Å²) in [6, 6.07) is -0.891. The van der Waals surface area contributed by atoms with Crippen LogP contribution in [0.2, 0.25) is 0 Å². The van der Waals surface area contributed by atoms with Gasteiger partial charge in [-0.2, -0.15) is 0 Å². The molecule has 0 aromatic heterocycles. The maximum atomic E-state index is 12.7. The average molecular weight is 354 g/mol. The van der Waals surface area contributed by atoms with Gasteiger partial charge in [0.1, 0.15) is 6.04 Å². The molecule has 2 N–H and O–H groups in total. The highest BCUT2D eigenvalue weighted by Crippen LogP contribution is 2.29. The Kier molecular flexibility index (Phi) is 7.17. The van der Waals surface area contributed by atoms with Crippen LogP contribution in [0.1, 0.15) is 54.4 Å². The van der Waals surface area contributed by atoms with Crippen molar-refractivity contribution in [3.05, 3.63) is 11.6 Å². The van der Waals surface area contributed by atoms with Crippen LogP contribution in [0.5, 0.6) is 0 Å². The fraction of sp³-hybridized carbons (Fsp3) is 0.722. The van der Waals surface area contributed by atoms with E-state index in [0.717, 1.165) is 0 Å². The van der Waals surface area contributed by atoms with Crippen molar-refractivity contribution < 1.29 is 23.9 Å². The average Bonchev–Trinajstić information content (AvgIpc) is 2.71. The van der Waals surface area contributed by atoms with Crippen LogP contribution in [0.25, 0.3) is 0 Å². The Labute approximate surface area is 149 Å². The molecule has 1 atom stereocenters. The summed E-state index contributed by atoms with van der Waals surface area (Å²) in [5.74, 6) is -1.30. The summed E-state index contributed by atoms with van der Waals surface area (Å²) in [7, 11) is 0. The Morgan fingerprint density at radius 1 is 1.12 bits per heavy atom. The molecule has 1 heterocycles. The molecule has 0 fully saturated rings. The van der Waals surface area contributed by atoms with Gasteiger partial charge in [0.15, 0.2) is 0 Å². The van der Waals surface area contributed by atoms with E-state index in [4.69, 9.17) is 9.47 Å². The largest absolute Gasteiger partial charge is 0.466 e. The molecule has 0 aliphatic carbocycles. The van der Waals surface area contributed by atoms with E-state index in [-0.39, 0.29) is 37.5 Å². The lowest BCUT2D eigenvalue weighted by Crippen LogP contribution is -2.50. The summed E-state index contributed by atoms with van der Waals surface area (Å²) < 4.78 is 9.88. The Hall–Kier alpha value is -1.89. The van der Waals surface area contributed by atoms with Crippen molar-refractivity contribution in [2.75, 3.05) is 13.2 Å². The van der Waals surface area contributed by atoms with Gasteiger partial charge >= 0.3 is 11.9 Å². The fourth-order valence-electron chi connectivity index (χ4n) is 3.02. The molecule has 25 heavy (non-hydrogen) atoms. The smallest absolute Gasteiger partial charge is 0.328 e. The monoisotopic (exact) mass is 354 g/mol. The van der Waals surface area contributed by atoms with Crippen LogP contribution in [0.15, 0.2) is 11.6 Å². The lowest BCUT2D eigenvalue weighted by molar-refractivity contribution is -0.148. The minimum Gasteiger partial charge on any atom is -0.466 e. The standard InChI is InChI=1S/C18H30N2O5/c1-7-24-14(21)10-9-13(16(23)25-8-2)19-15(22)12-11-17(3,4)20-18(12,5)6/h11,13,20H,7-10H2,1-6H3,(H,19,22). The first-order valence-electron chi connectivity index (χ1n) is 8.68. The first-order chi connectivity index (χ1) is 11.5. The van der Waals surface area contributed by atoms with Crippen LogP contribution in [0.4, 0.5) is 0 Å². The number of amides is 1. The van der Waals surface area contributed by atoms with Crippen molar-refractivity contribution in [1.82, 2.24) is 10.6 Å². The van der Waals surface area contributed by atoms with Gasteiger partial charge in [-0.25, -0.2) is 4.79 Å². The molecular formula is C18H30N2O5. The van der Waals surface area contributed by atoms with Crippen molar-refractivity contribution in [2.45, 2.75) is 71.5 Å². The van der Waals surface area contributed by atoms with Crippen LogP contribution in [-0.4, -0.2) is 48.2 Å². The summed E-state index contributed by atoms with van der Waals surface area (Å²) in [4.78, 5) is 36.4. The van der Waals surface area contributed by atoms with Crippen LogP contribution in [0.3, 0.4) is 0 Å². The molecule has 1 unspecified atom stereocenters. The van der Waals surface area contributed by atoms with Gasteiger partial charge in [0, 0.05) is 23.1 Å². The van der Waals surface area contributed by atoms with Crippen LogP contribution >= 0.6 is 0 Å². The van der Waals surface area contributed by atoms with Gasteiger partial charge < -0.3 is 14.8 Å². The molecule has 0 aromatic carbocycles. The van der Waals surface area contributed by atoms with Gasteiger partial charge in [-0.3, -0.25) is 14.9 Å². The third-order valence-electron chi connectivity index (χ3n) is 3.88. The Balaban J connectivity index is 2.84. The zero-order valence-corrected chi connectivity index (χ0v) is 16.0. The van der Waals surface area contributed by atoms with Gasteiger partial charge in [-0.15, -0.1) is 0 Å². The van der Waals surface area contributed by atoms with E-state index >= 15 is 0 Å². The van der Waals surface area contributed by atoms with Crippen LogP contribution in [-0.2, 0) is 23.9 Å². The lowest BCUT2D eigenvalue weighted by atomic mass is 9.95. The van der Waals surface area contributed by atoms with E-state index in [2.05, 4.69) is 10.6 Å². The first-order valence-corrected chi connectivity index (χ1v) is 8.68. The molecule has 0 saturated carbocycles. The van der Waals surface area contributed by atoms with Crippen molar-refractivity contribution >= 4 is 17.8 Å². The second-order valence-electron chi connectivity index (χ2n) is 7.15. The summed E-state index contributed by atoms with van der Waals surface area (Å²) in [5.41, 5.74) is -0.281. The van der Waals surface area contributed by atoms with Crippen LogP contribution < -0.4 is 10.6 Å². The summed E-state index contributed by atoms with van der Waals surface area (Å²) in [6.07, 6.45) is 2.02. The van der Waals surface area contributed by atoms with Gasteiger partial charge in [0.25, 0.3) is 0 Å². The number of nitrogens with one attached hydrogen (secondary N) is 2. The van der Waals surface area contributed by atoms with Crippen LogP contribution in [0, 0.1) is 0 Å². The minimum atomic E-state index is -0.891. The number of hydrogen-bond donors (Lipinski definition) is 2. The molecule has 7 heteroatoms. The molecule has 1 rings (SSSR count). The highest BCUT2D eigenvalue weighted by molar-refractivity contribution is 5.98. The molecule has 0 bridgehead atoms. The number of rotatable bonds is 8. The third kappa shape index (κ3) is 6.16. The quantitative estimate of drug-likeness (QED) is 0.641. The lowest BCUT2D eigenvalue weighted by Gasteiger charge is -2.28. The number of ether oxygens (including phenoxy) is 2. The van der Waals surface area contributed by atoms with Crippen molar-refractivity contribution in [3.8, 4) is 0 Å². The Morgan fingerprint density at radius 2 is 1.72 bits per heavy atom. The van der Waals surface area contributed by atoms with Gasteiger partial charge in [0.2, 0.25) is 5.91 Å². The predicted octanol–water partition coefficient (Wildman–Crippen LogP) is 1.46. The topological polar surface area (TPSA) is 93.7 Å². The molecule has 7 nitrogen and oxygen atoms in total. The second-order valence-corrected chi connectivity index (χ2v) is 7.15. The van der Waals surface area contributed by atoms with E-state index < -0.39 is 23.5 Å². The van der Waals surface area contributed by atoms with E-state index in [1.54, 1.807) is 13.8 Å². The van der Waals surface area contributed by atoms with Crippen molar-refractivity contribution in [1.29, 1.82) is 0 Å². The maximum Gasteiger partial charge on any atom is 0.328 e. The van der Waals surface area contributed by atoms with Gasteiger partial charge in [0.05, 0.1) is 13.2 Å². The molecule has 1 aliphatic heterocycles. The van der Waals surface area contributed by atoms with Crippen molar-refractivity contribution in [2.24, 2.45) is 0 Å². The number of carbonyl (C=O) groups excluding carboxylic acids is 3. The van der Waals surface area contributed by atoms with E-state index in [9.17, 15) is 14.4 Å². The zero-order valence-electron chi connectivity index (χ0n) is 16.0. The molecule has 1 amide bonds. The Morgan fingerprint density at radius 3 is 2.20 bits per heavy atom. The maximum absolute atomic E-state index is 12.7. The number of hydrogen-bond acceptors (Lipinski definition) is 6. The predicted molar refractivity (Wildman–Crippen MR) is 93.8 cm³/mol. The fourth-order valence-corrected chi connectivity index (χ4v) is 3.02. The highest BCUT2D eigenvalue weighted by Gasteiger charge is 2.41. The van der Waals surface area contributed by atoms with Gasteiger partial charge in [-0.1, -0.05) is 6.08 Å². The normalized spacial score (nSPS) is 18.9. The van der Waals surface area contributed by atoms with Gasteiger partial charge in [-0.05, 0) is 48.0 Å². The SMILES string of the molecule is CCOC(=O)CCC(NC(=O)C1=CC(C)(C)NC1(C)C)C(=O)OCC. The molecule has 0 spiro atoms. The minimum absolute atomic E-state index is 0.0315. The molecule has 0 aromatic rings. The first kappa shape index (κ1) is 21.2. The molecular weight excluding hydrogens is 324 g/mol. The summed E-state index contributed by atoms with van der Waals surface area (Å²) in [6.45, 7) is 11.6. The molecule has 142 valence electrons.